The van der Waals surface area contributed by atoms with Gasteiger partial charge in [-0.3, -0.25) is 14.4 Å². The van der Waals surface area contributed by atoms with Gasteiger partial charge < -0.3 is 29.2 Å². The van der Waals surface area contributed by atoms with Crippen LogP contribution in [0.1, 0.15) is 51.3 Å². The fourth-order valence-electron chi connectivity index (χ4n) is 4.74. The van der Waals surface area contributed by atoms with Gasteiger partial charge in [-0.15, -0.1) is 0 Å². The molecule has 1 unspecified atom stereocenters. The van der Waals surface area contributed by atoms with E-state index in [1.165, 1.54) is 55.5 Å². The molecule has 50 heavy (non-hydrogen) atoms. The van der Waals surface area contributed by atoms with Crippen molar-refractivity contribution in [3.8, 4) is 0 Å². The largest absolute Gasteiger partial charge is 0.443 e. The van der Waals surface area contributed by atoms with E-state index in [1.54, 1.807) is 34.9 Å². The van der Waals surface area contributed by atoms with Gasteiger partial charge in [-0.25, -0.2) is 18.5 Å². The van der Waals surface area contributed by atoms with Crippen molar-refractivity contribution in [1.29, 1.82) is 0 Å². The molecule has 0 bridgehead atoms. The Hall–Kier alpha value is -5.15. The number of rotatable bonds is 11. The van der Waals surface area contributed by atoms with Gasteiger partial charge in [0.1, 0.15) is 17.1 Å². The summed E-state index contributed by atoms with van der Waals surface area (Å²) in [6.45, 7) is 4.46. The Bertz CT molecular complexity index is 1820. The molecular formula is C34H41F4N5O7. The minimum absolute atomic E-state index is 0.00397. The van der Waals surface area contributed by atoms with Crippen LogP contribution in [0.2, 0.25) is 0 Å². The molecule has 1 atom stereocenters. The van der Waals surface area contributed by atoms with E-state index in [4.69, 9.17) is 9.47 Å². The van der Waals surface area contributed by atoms with E-state index in [9.17, 15) is 41.5 Å². The van der Waals surface area contributed by atoms with Gasteiger partial charge in [0.2, 0.25) is 5.91 Å². The highest BCUT2D eigenvalue weighted by atomic mass is 19.4. The summed E-state index contributed by atoms with van der Waals surface area (Å²) in [6, 6.07) is 6.11. The quantitative estimate of drug-likeness (QED) is 0.200. The Morgan fingerprint density at radius 3 is 2.30 bits per heavy atom. The summed E-state index contributed by atoms with van der Waals surface area (Å²) in [5.74, 6) is -1.92. The van der Waals surface area contributed by atoms with E-state index in [-0.39, 0.29) is 53.1 Å². The summed E-state index contributed by atoms with van der Waals surface area (Å²) < 4.78 is 67.1. The van der Waals surface area contributed by atoms with Crippen LogP contribution < -0.4 is 10.9 Å². The summed E-state index contributed by atoms with van der Waals surface area (Å²) in [5, 5.41) is 2.59. The molecular weight excluding hydrogens is 666 g/mol. The molecule has 3 amide bonds. The number of carbonyl (C=O) groups excluding carboxylic acids is 4. The van der Waals surface area contributed by atoms with Crippen molar-refractivity contribution in [3.05, 3.63) is 76.1 Å². The van der Waals surface area contributed by atoms with E-state index < -0.39 is 60.2 Å². The summed E-state index contributed by atoms with van der Waals surface area (Å²) in [7, 11) is 5.99. The van der Waals surface area contributed by atoms with Crippen LogP contribution in [0.25, 0.3) is 10.9 Å². The Labute approximate surface area is 286 Å². The molecule has 0 spiro atoms. The number of hydrogen-bond donors (Lipinski definition) is 1. The zero-order valence-corrected chi connectivity index (χ0v) is 28.9. The summed E-state index contributed by atoms with van der Waals surface area (Å²) in [6.07, 6.45) is -5.21. The second-order valence-electron chi connectivity index (χ2n) is 12.9. The first-order valence-electron chi connectivity index (χ1n) is 15.6. The lowest BCUT2D eigenvalue weighted by Crippen LogP contribution is -2.37. The van der Waals surface area contributed by atoms with Gasteiger partial charge in [0.25, 0.3) is 11.5 Å². The van der Waals surface area contributed by atoms with Crippen LogP contribution in [0.15, 0.2) is 53.5 Å². The molecule has 272 valence electrons. The molecule has 2 heterocycles. The number of amides is 3. The van der Waals surface area contributed by atoms with Gasteiger partial charge in [-0.05, 0) is 82.0 Å². The standard InChI is InChI=1S/C34H41F4N5O7/c1-33(2,3)50-32(48)43-24(19-22-18-23(35)17-21(28(22)43)14-15-34(36,37)38)20-42-16-10-11-25(30(42)46)39-29(45)26(49-31(47)41(6)7)12-8-9-13-27(44)40(4)5/h9-11,13,16-19,26H,8,12,14-15,20H2,1-7H3,(H,39,45)/b13-9+. The molecule has 3 aromatic rings. The first-order chi connectivity index (χ1) is 23.2. The Kier molecular flexibility index (Phi) is 12.6. The number of ether oxygens (including phenoxy) is 2. The van der Waals surface area contributed by atoms with Gasteiger partial charge in [0.15, 0.2) is 6.10 Å². The number of hydrogen-bond acceptors (Lipinski definition) is 7. The lowest BCUT2D eigenvalue weighted by molar-refractivity contribution is -0.134. The summed E-state index contributed by atoms with van der Waals surface area (Å²) >= 11 is 0. The number of fused-ring (bicyclic) bond motifs is 1. The van der Waals surface area contributed by atoms with Crippen molar-refractivity contribution < 1.29 is 46.2 Å². The first kappa shape index (κ1) is 39.3. The minimum Gasteiger partial charge on any atom is -0.443 e. The molecule has 12 nitrogen and oxygen atoms in total. The van der Waals surface area contributed by atoms with Crippen LogP contribution in [0.4, 0.5) is 32.8 Å². The zero-order chi connectivity index (χ0) is 37.6. The van der Waals surface area contributed by atoms with Gasteiger partial charge in [-0.1, -0.05) is 6.08 Å². The maximum Gasteiger partial charge on any atom is 0.419 e. The smallest absolute Gasteiger partial charge is 0.419 e. The second-order valence-corrected chi connectivity index (χ2v) is 12.9. The van der Waals surface area contributed by atoms with Crippen molar-refractivity contribution in [2.75, 3.05) is 33.5 Å². The van der Waals surface area contributed by atoms with Crippen LogP contribution >= 0.6 is 0 Å². The van der Waals surface area contributed by atoms with E-state index in [1.807, 2.05) is 0 Å². The number of anilines is 1. The SMILES string of the molecule is CN(C)C(=O)/C=C/CCC(OC(=O)N(C)C)C(=O)Nc1cccn(Cc2cc3cc(F)cc(CCC(F)(F)F)c3n2C(=O)OC(C)(C)C)c1=O. The zero-order valence-electron chi connectivity index (χ0n) is 28.9. The van der Waals surface area contributed by atoms with Gasteiger partial charge in [0, 0.05) is 46.2 Å². The topological polar surface area (TPSA) is 132 Å². The molecule has 1 aromatic carbocycles. The number of halogens is 4. The Morgan fingerprint density at radius 2 is 1.70 bits per heavy atom. The average molecular weight is 708 g/mol. The third-order valence-corrected chi connectivity index (χ3v) is 7.08. The lowest BCUT2D eigenvalue weighted by Gasteiger charge is -2.22. The Balaban J connectivity index is 2.00. The van der Waals surface area contributed by atoms with E-state index in [0.717, 1.165) is 26.2 Å². The maximum absolute atomic E-state index is 14.6. The molecule has 0 fully saturated rings. The number of benzene rings is 1. The number of aromatic nitrogens is 2. The molecule has 0 aliphatic heterocycles. The molecule has 0 radical (unpaired) electrons. The van der Waals surface area contributed by atoms with E-state index in [0.29, 0.717) is 0 Å². The normalized spacial score (nSPS) is 12.5. The van der Waals surface area contributed by atoms with Crippen LogP contribution in [-0.2, 0) is 32.0 Å². The summed E-state index contributed by atoms with van der Waals surface area (Å²) in [5.41, 5.74) is -1.94. The fourth-order valence-corrected chi connectivity index (χ4v) is 4.74. The summed E-state index contributed by atoms with van der Waals surface area (Å²) in [4.78, 5) is 67.0. The van der Waals surface area contributed by atoms with Crippen molar-refractivity contribution in [2.45, 2.75) is 70.9 Å². The predicted molar refractivity (Wildman–Crippen MR) is 177 cm³/mol. The van der Waals surface area contributed by atoms with Crippen molar-refractivity contribution >= 4 is 40.6 Å². The molecule has 0 saturated heterocycles. The molecule has 16 heteroatoms. The fraction of sp³-hybridized carbons (Fsp3) is 0.441. The van der Waals surface area contributed by atoms with Crippen LogP contribution in [0, 0.1) is 5.82 Å². The van der Waals surface area contributed by atoms with Crippen molar-refractivity contribution in [3.63, 3.8) is 0 Å². The molecule has 2 aromatic heterocycles. The Morgan fingerprint density at radius 1 is 1.02 bits per heavy atom. The minimum atomic E-state index is -4.55. The molecule has 3 rings (SSSR count). The van der Waals surface area contributed by atoms with E-state index in [2.05, 4.69) is 5.32 Å². The molecule has 0 aliphatic carbocycles. The van der Waals surface area contributed by atoms with Crippen LogP contribution in [0.3, 0.4) is 0 Å². The van der Waals surface area contributed by atoms with Crippen molar-refractivity contribution in [2.24, 2.45) is 0 Å². The highest BCUT2D eigenvalue weighted by Gasteiger charge is 2.30. The number of allylic oxidation sites excluding steroid dienone is 1. The van der Waals surface area contributed by atoms with Gasteiger partial charge in [0.05, 0.1) is 17.8 Å². The highest BCUT2D eigenvalue weighted by molar-refractivity contribution is 5.95. The molecule has 0 saturated carbocycles. The van der Waals surface area contributed by atoms with E-state index >= 15 is 0 Å². The van der Waals surface area contributed by atoms with Gasteiger partial charge >= 0.3 is 18.4 Å². The average Bonchev–Trinajstić information content (AvgIpc) is 3.35. The number of likely N-dealkylation sites (N-methyl/N-ethyl adjacent to an activating group) is 1. The maximum atomic E-state index is 14.6. The number of carbonyl (C=O) groups is 4. The van der Waals surface area contributed by atoms with Crippen LogP contribution in [-0.4, -0.2) is 89.0 Å². The number of aryl methyl sites for hydroxylation is 1. The van der Waals surface area contributed by atoms with Gasteiger partial charge in [-0.2, -0.15) is 13.2 Å². The monoisotopic (exact) mass is 707 g/mol. The third-order valence-electron chi connectivity index (χ3n) is 7.08. The van der Waals surface area contributed by atoms with Crippen molar-refractivity contribution in [1.82, 2.24) is 18.9 Å². The first-order valence-corrected chi connectivity index (χ1v) is 15.6. The predicted octanol–water partition coefficient (Wildman–Crippen LogP) is 5.70. The number of nitrogens with one attached hydrogen (secondary N) is 1. The molecule has 1 N–H and O–H groups in total. The third kappa shape index (κ3) is 10.9. The molecule has 0 aliphatic rings. The number of pyridine rings is 1. The highest BCUT2D eigenvalue weighted by Crippen LogP contribution is 2.30. The second kappa shape index (κ2) is 16.0. The number of nitrogens with zero attached hydrogens (tertiary/aromatic N) is 4. The van der Waals surface area contributed by atoms with Crippen LogP contribution in [0.5, 0.6) is 0 Å². The lowest BCUT2D eigenvalue weighted by atomic mass is 10.1. The number of alkyl halides is 3.